The van der Waals surface area contributed by atoms with E-state index in [0.29, 0.717) is 0 Å². The van der Waals surface area contributed by atoms with Crippen LogP contribution in [0, 0.1) is 0 Å². The predicted molar refractivity (Wildman–Crippen MR) is 26.2 cm³/mol. The largest absolute Gasteiger partial charge is 0.381 e. The Morgan fingerprint density at radius 2 is 2.00 bits per heavy atom. The van der Waals surface area contributed by atoms with Crippen LogP contribution in [-0.2, 0) is 9.30 Å². The van der Waals surface area contributed by atoms with Crippen molar-refractivity contribution >= 4 is 7.60 Å². The number of hydrogen-bond donors (Lipinski definition) is 4. The van der Waals surface area contributed by atoms with E-state index in [1.165, 1.54) is 0 Å². The van der Waals surface area contributed by atoms with Crippen molar-refractivity contribution in [1.29, 1.82) is 0 Å². The lowest BCUT2D eigenvalue weighted by Gasteiger charge is -2.09. The minimum Gasteiger partial charge on any atom is -0.370 e. The molecule has 0 rings (SSSR count). The molecular formula is C2H7O6P. The maximum absolute atomic E-state index is 9.93. The third kappa shape index (κ3) is 3.58. The number of aliphatic hydroxyl groups is 2. The van der Waals surface area contributed by atoms with Crippen molar-refractivity contribution in [2.24, 2.45) is 0 Å². The smallest absolute Gasteiger partial charge is 0.370 e. The van der Waals surface area contributed by atoms with E-state index in [1.54, 1.807) is 0 Å². The van der Waals surface area contributed by atoms with E-state index in [9.17, 15) is 4.57 Å². The molecule has 9 heavy (non-hydrogen) atoms. The van der Waals surface area contributed by atoms with Gasteiger partial charge in [-0.2, -0.15) is 0 Å². The number of aliphatic hydroxyl groups excluding tert-OH is 2. The monoisotopic (exact) mass is 158 g/mol. The first-order valence-corrected chi connectivity index (χ1v) is 3.62. The highest BCUT2D eigenvalue weighted by Crippen LogP contribution is 2.39. The zero-order valence-electron chi connectivity index (χ0n) is 4.34. The molecule has 0 aliphatic carbocycles. The summed E-state index contributed by atoms with van der Waals surface area (Å²) < 4.78 is 13.7. The molecule has 0 aromatic rings. The number of hydrogen-bond acceptors (Lipinski definition) is 4. The molecule has 0 fully saturated rings. The average molecular weight is 158 g/mol. The van der Waals surface area contributed by atoms with E-state index < -0.39 is 20.4 Å². The van der Waals surface area contributed by atoms with Gasteiger partial charge < -0.3 is 24.7 Å². The highest BCUT2D eigenvalue weighted by atomic mass is 31.2. The van der Waals surface area contributed by atoms with Crippen LogP contribution in [0.15, 0.2) is 0 Å². The van der Waals surface area contributed by atoms with Crippen LogP contribution in [0.3, 0.4) is 0 Å². The van der Waals surface area contributed by atoms with Crippen LogP contribution in [0.25, 0.3) is 0 Å². The molecule has 7 heteroatoms. The van der Waals surface area contributed by atoms with E-state index in [1.807, 2.05) is 0 Å². The van der Waals surface area contributed by atoms with Gasteiger partial charge >= 0.3 is 7.60 Å². The van der Waals surface area contributed by atoms with Crippen LogP contribution in [0.2, 0.25) is 0 Å². The molecule has 0 saturated heterocycles. The molecule has 0 aliphatic rings. The first kappa shape index (κ1) is 9.03. The van der Waals surface area contributed by atoms with Crippen LogP contribution < -0.4 is 0 Å². The van der Waals surface area contributed by atoms with E-state index in [4.69, 9.17) is 20.0 Å². The van der Waals surface area contributed by atoms with Gasteiger partial charge in [-0.05, 0) is 0 Å². The van der Waals surface area contributed by atoms with Crippen molar-refractivity contribution in [2.75, 3.05) is 6.79 Å². The Morgan fingerprint density at radius 3 is 2.11 bits per heavy atom. The first-order chi connectivity index (χ1) is 3.98. The van der Waals surface area contributed by atoms with Gasteiger partial charge in [0, 0.05) is 0 Å². The summed E-state index contributed by atoms with van der Waals surface area (Å²) in [5, 5.41) is 16.1. The van der Waals surface area contributed by atoms with Crippen molar-refractivity contribution in [3.05, 3.63) is 0 Å². The van der Waals surface area contributed by atoms with Gasteiger partial charge in [0.1, 0.15) is 6.79 Å². The van der Waals surface area contributed by atoms with E-state index >= 15 is 0 Å². The number of ether oxygens (including phenoxy) is 1. The Labute approximate surface area is 50.9 Å². The quantitative estimate of drug-likeness (QED) is 0.291. The summed E-state index contributed by atoms with van der Waals surface area (Å²) in [5.41, 5.74) is 0. The third-order valence-electron chi connectivity index (χ3n) is 0.511. The van der Waals surface area contributed by atoms with Crippen molar-refractivity contribution in [3.8, 4) is 0 Å². The lowest BCUT2D eigenvalue weighted by atomic mass is 11.3. The van der Waals surface area contributed by atoms with Crippen LogP contribution in [0.5, 0.6) is 0 Å². The molecule has 1 unspecified atom stereocenters. The van der Waals surface area contributed by atoms with Gasteiger partial charge in [0.15, 0.2) is 0 Å². The second-order valence-corrected chi connectivity index (χ2v) is 2.83. The van der Waals surface area contributed by atoms with Crippen molar-refractivity contribution in [1.82, 2.24) is 0 Å². The van der Waals surface area contributed by atoms with Crippen molar-refractivity contribution < 1.29 is 29.3 Å². The molecule has 0 aromatic carbocycles. The summed E-state index contributed by atoms with van der Waals surface area (Å²) in [6.07, 6.45) is 0. The molecule has 0 bridgehead atoms. The average Bonchev–Trinajstić information content (AvgIpc) is 1.64. The Balaban J connectivity index is 3.74. The normalized spacial score (nSPS) is 15.6. The van der Waals surface area contributed by atoms with Gasteiger partial charge in [0.2, 0.25) is 0 Å². The van der Waals surface area contributed by atoms with E-state index in [0.717, 1.165) is 0 Å². The van der Waals surface area contributed by atoms with Gasteiger partial charge in [0.25, 0.3) is 6.03 Å². The van der Waals surface area contributed by atoms with Crippen molar-refractivity contribution in [3.63, 3.8) is 0 Å². The lowest BCUT2D eigenvalue weighted by Crippen LogP contribution is -2.12. The fourth-order valence-electron chi connectivity index (χ4n) is 0.164. The molecule has 6 nitrogen and oxygen atoms in total. The van der Waals surface area contributed by atoms with E-state index in [-0.39, 0.29) is 0 Å². The van der Waals surface area contributed by atoms with Crippen LogP contribution in [0.4, 0.5) is 0 Å². The highest BCUT2D eigenvalue weighted by molar-refractivity contribution is 7.52. The zero-order chi connectivity index (χ0) is 7.49. The molecule has 0 heterocycles. The van der Waals surface area contributed by atoms with Gasteiger partial charge in [-0.15, -0.1) is 0 Å². The minimum atomic E-state index is -4.60. The molecule has 0 radical (unpaired) electrons. The standard InChI is InChI=1S/C2H7O6P/c3-1-8-2(4)9(5,6)7/h2-4H,1H2,(H2,5,6,7). The second kappa shape index (κ2) is 3.26. The molecule has 0 aliphatic heterocycles. The fraction of sp³-hybridized carbons (Fsp3) is 1.00. The topological polar surface area (TPSA) is 107 Å². The van der Waals surface area contributed by atoms with Gasteiger partial charge in [-0.25, -0.2) is 0 Å². The van der Waals surface area contributed by atoms with Crippen LogP contribution in [-0.4, -0.2) is 32.8 Å². The zero-order valence-corrected chi connectivity index (χ0v) is 5.23. The third-order valence-corrected chi connectivity index (χ3v) is 1.24. The summed E-state index contributed by atoms with van der Waals surface area (Å²) in [6.45, 7) is -0.924. The molecule has 0 spiro atoms. The Bertz CT molecular complexity index is 116. The van der Waals surface area contributed by atoms with Gasteiger partial charge in [-0.1, -0.05) is 0 Å². The van der Waals surface area contributed by atoms with Gasteiger partial charge in [-0.3, -0.25) is 4.57 Å². The molecule has 4 N–H and O–H groups in total. The number of rotatable bonds is 3. The molecule has 1 atom stereocenters. The summed E-state index contributed by atoms with van der Waals surface area (Å²) in [6, 6.07) is -2.22. The molecular weight excluding hydrogens is 151 g/mol. The minimum absolute atomic E-state index is 0.924. The van der Waals surface area contributed by atoms with E-state index in [2.05, 4.69) is 4.74 Å². The summed E-state index contributed by atoms with van der Waals surface area (Å²) >= 11 is 0. The summed E-state index contributed by atoms with van der Waals surface area (Å²) in [4.78, 5) is 16.1. The lowest BCUT2D eigenvalue weighted by molar-refractivity contribution is -0.115. The maximum atomic E-state index is 9.93. The second-order valence-electron chi connectivity index (χ2n) is 1.21. The fourth-order valence-corrected chi connectivity index (χ4v) is 0.425. The van der Waals surface area contributed by atoms with Crippen molar-refractivity contribution in [2.45, 2.75) is 6.03 Å². The van der Waals surface area contributed by atoms with Gasteiger partial charge in [0.05, 0.1) is 0 Å². The highest BCUT2D eigenvalue weighted by Gasteiger charge is 2.26. The van der Waals surface area contributed by atoms with Crippen LogP contribution in [0.1, 0.15) is 0 Å². The maximum Gasteiger partial charge on any atom is 0.381 e. The Hall–Kier alpha value is 0.0300. The Kier molecular flexibility index (Phi) is 3.27. The molecule has 56 valence electrons. The molecule has 0 aromatic heterocycles. The first-order valence-electron chi connectivity index (χ1n) is 1.94. The van der Waals surface area contributed by atoms with Crippen LogP contribution >= 0.6 is 7.60 Å². The Morgan fingerprint density at radius 1 is 1.56 bits per heavy atom. The SMILES string of the molecule is O=P(O)(O)C(O)OCO. The predicted octanol–water partition coefficient (Wildman–Crippen LogP) is -1.59. The summed E-state index contributed by atoms with van der Waals surface area (Å²) in [5.74, 6) is 0. The molecule has 0 saturated carbocycles. The summed E-state index contributed by atoms with van der Waals surface area (Å²) in [7, 11) is -4.60. The molecule has 0 amide bonds.